The molecule has 9 nitrogen and oxygen atoms in total. The van der Waals surface area contributed by atoms with E-state index < -0.39 is 0 Å². The maximum absolute atomic E-state index is 12.3. The minimum absolute atomic E-state index is 0. The van der Waals surface area contributed by atoms with Gasteiger partial charge in [0.15, 0.2) is 11.7 Å². The van der Waals surface area contributed by atoms with E-state index in [4.69, 9.17) is 4.42 Å². The molecule has 2 heterocycles. The number of furan rings is 1. The second kappa shape index (κ2) is 11.6. The van der Waals surface area contributed by atoms with Gasteiger partial charge in [-0.25, -0.2) is 9.98 Å². The quantitative estimate of drug-likeness (QED) is 0.334. The lowest BCUT2D eigenvalue weighted by Gasteiger charge is -2.25. The maximum atomic E-state index is 12.3. The third-order valence-corrected chi connectivity index (χ3v) is 3.84. The Morgan fingerprint density at radius 2 is 2.07 bits per heavy atom. The Morgan fingerprint density at radius 3 is 2.67 bits per heavy atom. The summed E-state index contributed by atoms with van der Waals surface area (Å²) in [5.41, 5.74) is 0. The van der Waals surface area contributed by atoms with E-state index in [0.717, 1.165) is 0 Å². The van der Waals surface area contributed by atoms with Gasteiger partial charge in [0.25, 0.3) is 0 Å². The molecule has 2 rings (SSSR count). The number of rotatable bonds is 8. The average molecular weight is 489 g/mol. The highest BCUT2D eigenvalue weighted by molar-refractivity contribution is 14.0. The lowest BCUT2D eigenvalue weighted by Crippen LogP contribution is -2.45. The van der Waals surface area contributed by atoms with Gasteiger partial charge in [0.05, 0.1) is 12.8 Å². The third-order valence-electron chi connectivity index (χ3n) is 3.84. The number of nitrogens with one attached hydrogen (secondary N) is 2. The van der Waals surface area contributed by atoms with Crippen molar-refractivity contribution in [2.75, 3.05) is 33.2 Å². The number of aromatic nitrogens is 3. The van der Waals surface area contributed by atoms with Gasteiger partial charge in [-0.15, -0.1) is 29.1 Å². The van der Waals surface area contributed by atoms with Crippen LogP contribution >= 0.6 is 24.0 Å². The van der Waals surface area contributed by atoms with Crippen LogP contribution in [-0.4, -0.2) is 70.1 Å². The summed E-state index contributed by atoms with van der Waals surface area (Å²) in [4.78, 5) is 24.8. The van der Waals surface area contributed by atoms with Crippen molar-refractivity contribution in [2.45, 2.75) is 27.3 Å². The molecule has 150 valence electrons. The Bertz CT molecular complexity index is 711. The molecule has 0 spiro atoms. The third kappa shape index (κ3) is 6.52. The molecule has 0 aliphatic heterocycles. The minimum Gasteiger partial charge on any atom is -0.461 e. The molecule has 0 unspecified atom stereocenters. The van der Waals surface area contributed by atoms with Crippen LogP contribution in [0, 0.1) is 0 Å². The monoisotopic (exact) mass is 489 g/mol. The van der Waals surface area contributed by atoms with Crippen molar-refractivity contribution < 1.29 is 9.21 Å². The van der Waals surface area contributed by atoms with Gasteiger partial charge in [0.1, 0.15) is 12.4 Å². The first-order chi connectivity index (χ1) is 12.6. The van der Waals surface area contributed by atoms with Crippen molar-refractivity contribution in [2.24, 2.45) is 4.99 Å². The SMILES string of the molecule is CCNC(=NCc1nc(-c2ccco2)n[nH]1)N(C)CC(=O)N(CC)CC.I. The summed E-state index contributed by atoms with van der Waals surface area (Å²) in [6, 6.07) is 3.58. The summed E-state index contributed by atoms with van der Waals surface area (Å²) in [6.45, 7) is 8.62. The van der Waals surface area contributed by atoms with Gasteiger partial charge in [-0.1, -0.05) is 0 Å². The molecule has 0 radical (unpaired) electrons. The lowest BCUT2D eigenvalue weighted by molar-refractivity contribution is -0.131. The molecule has 2 aromatic heterocycles. The van der Waals surface area contributed by atoms with Crippen molar-refractivity contribution in [1.82, 2.24) is 30.3 Å². The molecule has 0 aromatic carbocycles. The van der Waals surface area contributed by atoms with Crippen LogP contribution in [0.1, 0.15) is 26.6 Å². The largest absolute Gasteiger partial charge is 0.461 e. The van der Waals surface area contributed by atoms with Crippen LogP contribution in [0.4, 0.5) is 0 Å². The number of aromatic amines is 1. The number of nitrogens with zero attached hydrogens (tertiary/aromatic N) is 5. The molecule has 10 heteroatoms. The first kappa shape index (κ1) is 22.9. The van der Waals surface area contributed by atoms with E-state index in [9.17, 15) is 4.79 Å². The molecule has 1 amide bonds. The Hall–Kier alpha value is -2.11. The molecule has 27 heavy (non-hydrogen) atoms. The van der Waals surface area contributed by atoms with Crippen molar-refractivity contribution >= 4 is 35.8 Å². The number of likely N-dealkylation sites (N-methyl/N-ethyl adjacent to an activating group) is 2. The van der Waals surface area contributed by atoms with Gasteiger partial charge < -0.3 is 19.5 Å². The number of carbonyl (C=O) groups excluding carboxylic acids is 1. The highest BCUT2D eigenvalue weighted by atomic mass is 127. The number of aliphatic imine (C=N–C) groups is 1. The van der Waals surface area contributed by atoms with E-state index in [0.29, 0.717) is 49.5 Å². The predicted octanol–water partition coefficient (Wildman–Crippen LogP) is 1.95. The van der Waals surface area contributed by atoms with Crippen LogP contribution in [0.15, 0.2) is 27.8 Å². The average Bonchev–Trinajstić information content (AvgIpc) is 3.30. The first-order valence-electron chi connectivity index (χ1n) is 8.81. The van der Waals surface area contributed by atoms with Crippen LogP contribution in [0.5, 0.6) is 0 Å². The minimum atomic E-state index is 0. The number of carbonyl (C=O) groups is 1. The fraction of sp³-hybridized carbons (Fsp3) is 0.529. The smallest absolute Gasteiger partial charge is 0.242 e. The number of hydrogen-bond donors (Lipinski definition) is 2. The van der Waals surface area contributed by atoms with Crippen molar-refractivity contribution in [3.05, 3.63) is 24.2 Å². The summed E-state index contributed by atoms with van der Waals surface area (Å²) in [5.74, 6) is 2.43. The van der Waals surface area contributed by atoms with E-state index in [1.807, 2.05) is 32.7 Å². The number of guanidine groups is 1. The molecular weight excluding hydrogens is 461 g/mol. The van der Waals surface area contributed by atoms with E-state index in [1.54, 1.807) is 23.3 Å². The molecule has 2 N–H and O–H groups in total. The predicted molar refractivity (Wildman–Crippen MR) is 115 cm³/mol. The fourth-order valence-corrected chi connectivity index (χ4v) is 2.46. The summed E-state index contributed by atoms with van der Waals surface area (Å²) in [5, 5.41) is 10.2. The molecule has 2 aromatic rings. The summed E-state index contributed by atoms with van der Waals surface area (Å²) >= 11 is 0. The molecule has 0 saturated carbocycles. The standard InChI is InChI=1S/C17H27N7O2.HI/c1-5-18-17(23(4)12-15(25)24(6-2)7-3)19-11-14-20-16(22-21-14)13-9-8-10-26-13;/h8-10H,5-7,11-12H2,1-4H3,(H,18,19)(H,20,21,22);1H. The number of amides is 1. The van der Waals surface area contributed by atoms with E-state index in [2.05, 4.69) is 25.5 Å². The van der Waals surface area contributed by atoms with Gasteiger partial charge in [0.2, 0.25) is 11.7 Å². The van der Waals surface area contributed by atoms with Crippen LogP contribution in [-0.2, 0) is 11.3 Å². The van der Waals surface area contributed by atoms with Gasteiger partial charge in [-0.3, -0.25) is 9.89 Å². The highest BCUT2D eigenvalue weighted by Gasteiger charge is 2.15. The zero-order valence-corrected chi connectivity index (χ0v) is 18.6. The Kier molecular flexibility index (Phi) is 9.83. The van der Waals surface area contributed by atoms with Crippen molar-refractivity contribution in [3.8, 4) is 11.6 Å². The van der Waals surface area contributed by atoms with Gasteiger partial charge >= 0.3 is 0 Å². The topological polar surface area (TPSA) is 103 Å². The second-order valence-corrected chi connectivity index (χ2v) is 5.68. The maximum Gasteiger partial charge on any atom is 0.242 e. The molecule has 0 atom stereocenters. The van der Waals surface area contributed by atoms with Gasteiger partial charge in [-0.2, -0.15) is 0 Å². The van der Waals surface area contributed by atoms with Crippen molar-refractivity contribution in [3.63, 3.8) is 0 Å². The molecule has 0 fully saturated rings. The van der Waals surface area contributed by atoms with E-state index in [-0.39, 0.29) is 36.4 Å². The number of hydrogen-bond acceptors (Lipinski definition) is 5. The van der Waals surface area contributed by atoms with E-state index in [1.165, 1.54) is 0 Å². The molecular formula is C17H28IN7O2. The van der Waals surface area contributed by atoms with E-state index >= 15 is 0 Å². The van der Waals surface area contributed by atoms with Crippen LogP contribution in [0.25, 0.3) is 11.6 Å². The lowest BCUT2D eigenvalue weighted by atomic mass is 10.4. The molecule has 0 aliphatic rings. The molecule has 0 aliphatic carbocycles. The Morgan fingerprint density at radius 1 is 1.33 bits per heavy atom. The summed E-state index contributed by atoms with van der Waals surface area (Å²) < 4.78 is 5.28. The number of halogens is 1. The van der Waals surface area contributed by atoms with Gasteiger partial charge in [0, 0.05) is 26.7 Å². The van der Waals surface area contributed by atoms with Crippen LogP contribution < -0.4 is 5.32 Å². The second-order valence-electron chi connectivity index (χ2n) is 5.68. The Balaban J connectivity index is 0.00000364. The highest BCUT2D eigenvalue weighted by Crippen LogP contribution is 2.14. The molecule has 0 bridgehead atoms. The fourth-order valence-electron chi connectivity index (χ4n) is 2.46. The Labute approximate surface area is 176 Å². The summed E-state index contributed by atoms with van der Waals surface area (Å²) in [7, 11) is 1.84. The van der Waals surface area contributed by atoms with Crippen molar-refractivity contribution in [1.29, 1.82) is 0 Å². The first-order valence-corrected chi connectivity index (χ1v) is 8.81. The van der Waals surface area contributed by atoms with Gasteiger partial charge in [-0.05, 0) is 32.9 Å². The van der Waals surface area contributed by atoms with Crippen LogP contribution in [0.3, 0.4) is 0 Å². The van der Waals surface area contributed by atoms with Crippen LogP contribution in [0.2, 0.25) is 0 Å². The number of H-pyrrole nitrogens is 1. The summed E-state index contributed by atoms with van der Waals surface area (Å²) in [6.07, 6.45) is 1.58. The zero-order valence-electron chi connectivity index (χ0n) is 16.2. The normalized spacial score (nSPS) is 11.0. The molecule has 0 saturated heterocycles. The zero-order chi connectivity index (χ0) is 18.9.